The van der Waals surface area contributed by atoms with E-state index in [1.165, 1.54) is 21.3 Å². The van der Waals surface area contributed by atoms with E-state index in [1.807, 2.05) is 24.9 Å². The minimum Gasteiger partial charge on any atom is -0.453 e. The fraction of sp³-hybridized carbons (Fsp3) is 0.409. The third-order valence-electron chi connectivity index (χ3n) is 11.5. The summed E-state index contributed by atoms with van der Waals surface area (Å²) in [4.78, 5) is 71.1. The Morgan fingerprint density at radius 1 is 0.644 bits per heavy atom. The van der Waals surface area contributed by atoms with Gasteiger partial charge in [0, 0.05) is 25.8 Å². The maximum absolute atomic E-state index is 13.6. The Bertz CT molecular complexity index is 2300. The summed E-state index contributed by atoms with van der Waals surface area (Å²) in [7, 11) is 4.05. The number of fused-ring (bicyclic) bond motifs is 1. The number of carbonyl (C=O) groups excluding carboxylic acids is 4. The van der Waals surface area contributed by atoms with Crippen LogP contribution in [0.2, 0.25) is 0 Å². The van der Waals surface area contributed by atoms with E-state index in [1.54, 1.807) is 18.0 Å². The van der Waals surface area contributed by atoms with Crippen molar-refractivity contribution in [1.29, 1.82) is 0 Å². The van der Waals surface area contributed by atoms with Gasteiger partial charge in [-0.05, 0) is 78.1 Å². The molecule has 4 amide bonds. The lowest BCUT2D eigenvalue weighted by molar-refractivity contribution is -0.137. The SMILES string of the molecule is COC(=O)N[C@H](C(=O)N1CCC[C@H]1c1ncc(-c2ccc3cc(-c4ccc(-c5cnc([C@@H]6CCCN6C(=O)[C@@H](NC(=O)OC)[C@@H](C)OC)[nH]5)cc4)ccc3c2)[nH]1)C(C)C. The summed E-state index contributed by atoms with van der Waals surface area (Å²) in [5.41, 5.74) is 5.81. The molecule has 0 saturated carbocycles. The molecule has 5 atom stereocenters. The van der Waals surface area contributed by atoms with Gasteiger partial charge in [0.25, 0.3) is 0 Å². The second kappa shape index (κ2) is 17.7. The van der Waals surface area contributed by atoms with Crippen LogP contribution in [0, 0.1) is 5.92 Å². The predicted octanol–water partition coefficient (Wildman–Crippen LogP) is 6.75. The highest BCUT2D eigenvalue weighted by molar-refractivity contribution is 5.91. The molecule has 15 nitrogen and oxygen atoms in total. The van der Waals surface area contributed by atoms with E-state index in [2.05, 4.69) is 86.2 Å². The summed E-state index contributed by atoms with van der Waals surface area (Å²) in [6.45, 7) is 6.68. The van der Waals surface area contributed by atoms with Crippen LogP contribution in [-0.4, -0.2) is 106 Å². The Morgan fingerprint density at radius 2 is 1.10 bits per heavy atom. The minimum absolute atomic E-state index is 0.108. The number of methoxy groups -OCH3 is 3. The average molecular weight is 805 g/mol. The molecule has 0 spiro atoms. The summed E-state index contributed by atoms with van der Waals surface area (Å²) in [6, 6.07) is 18.9. The molecule has 5 aromatic rings. The molecule has 310 valence electrons. The van der Waals surface area contributed by atoms with Crippen LogP contribution in [0.3, 0.4) is 0 Å². The molecular formula is C44H52N8O7. The predicted molar refractivity (Wildman–Crippen MR) is 222 cm³/mol. The average Bonchev–Trinajstić information content (AvgIpc) is 4.10. The quantitative estimate of drug-likeness (QED) is 0.106. The first-order valence-electron chi connectivity index (χ1n) is 20.1. The highest BCUT2D eigenvalue weighted by Gasteiger charge is 2.39. The van der Waals surface area contributed by atoms with Gasteiger partial charge in [-0.2, -0.15) is 0 Å². The number of nitrogens with one attached hydrogen (secondary N) is 4. The normalized spacial score (nSPS) is 18.2. The molecule has 59 heavy (non-hydrogen) atoms. The third-order valence-corrected chi connectivity index (χ3v) is 11.5. The number of alkyl carbamates (subject to hydrolysis) is 2. The molecule has 0 aliphatic carbocycles. The number of benzene rings is 3. The summed E-state index contributed by atoms with van der Waals surface area (Å²) in [5.74, 6) is 0.924. The number of carbonyl (C=O) groups is 4. The van der Waals surface area contributed by atoms with Crippen molar-refractivity contribution in [1.82, 2.24) is 40.4 Å². The summed E-state index contributed by atoms with van der Waals surface area (Å²) < 4.78 is 14.9. The Hall–Kier alpha value is -6.22. The minimum atomic E-state index is -0.895. The first-order valence-corrected chi connectivity index (χ1v) is 20.1. The van der Waals surface area contributed by atoms with Crippen molar-refractivity contribution in [2.45, 2.75) is 76.7 Å². The van der Waals surface area contributed by atoms with Crippen molar-refractivity contribution in [3.63, 3.8) is 0 Å². The first kappa shape index (κ1) is 41.0. The molecule has 2 aliphatic heterocycles. The summed E-state index contributed by atoms with van der Waals surface area (Å²) >= 11 is 0. The Labute approximate surface area is 343 Å². The number of amides is 4. The van der Waals surface area contributed by atoms with Gasteiger partial charge in [-0.3, -0.25) is 9.59 Å². The van der Waals surface area contributed by atoms with Gasteiger partial charge in [0.15, 0.2) is 0 Å². The van der Waals surface area contributed by atoms with Crippen LogP contribution in [-0.2, 0) is 23.8 Å². The van der Waals surface area contributed by atoms with E-state index in [9.17, 15) is 19.2 Å². The van der Waals surface area contributed by atoms with Crippen LogP contribution in [0.15, 0.2) is 73.1 Å². The molecule has 0 unspecified atom stereocenters. The zero-order chi connectivity index (χ0) is 41.8. The molecule has 15 heteroatoms. The van der Waals surface area contributed by atoms with Crippen LogP contribution < -0.4 is 10.6 Å². The lowest BCUT2D eigenvalue weighted by atomic mass is 9.98. The van der Waals surface area contributed by atoms with Crippen molar-refractivity contribution in [3.8, 4) is 33.6 Å². The van der Waals surface area contributed by atoms with Gasteiger partial charge in [0.1, 0.15) is 23.7 Å². The van der Waals surface area contributed by atoms with E-state index in [0.29, 0.717) is 18.9 Å². The fourth-order valence-electron chi connectivity index (χ4n) is 8.13. The Balaban J connectivity index is 1.02. The number of likely N-dealkylation sites (tertiary alicyclic amines) is 2. The van der Waals surface area contributed by atoms with Crippen molar-refractivity contribution in [2.75, 3.05) is 34.4 Å². The van der Waals surface area contributed by atoms with Gasteiger partial charge in [0.2, 0.25) is 11.8 Å². The van der Waals surface area contributed by atoms with Gasteiger partial charge in [-0.15, -0.1) is 0 Å². The zero-order valence-electron chi connectivity index (χ0n) is 34.3. The molecule has 4 heterocycles. The van der Waals surface area contributed by atoms with E-state index >= 15 is 0 Å². The molecule has 3 aromatic carbocycles. The van der Waals surface area contributed by atoms with Crippen molar-refractivity contribution >= 4 is 34.8 Å². The maximum atomic E-state index is 13.6. The van der Waals surface area contributed by atoms with Gasteiger partial charge >= 0.3 is 12.2 Å². The molecule has 2 fully saturated rings. The van der Waals surface area contributed by atoms with Crippen LogP contribution in [0.5, 0.6) is 0 Å². The Morgan fingerprint density at radius 3 is 1.63 bits per heavy atom. The zero-order valence-corrected chi connectivity index (χ0v) is 34.3. The lowest BCUT2D eigenvalue weighted by Gasteiger charge is -2.30. The highest BCUT2D eigenvalue weighted by Crippen LogP contribution is 2.35. The second-order valence-electron chi connectivity index (χ2n) is 15.5. The van der Waals surface area contributed by atoms with E-state index in [4.69, 9.17) is 19.2 Å². The van der Waals surface area contributed by atoms with Crippen molar-refractivity contribution < 1.29 is 33.4 Å². The number of ether oxygens (including phenoxy) is 3. The van der Waals surface area contributed by atoms with Crippen molar-refractivity contribution in [2.24, 2.45) is 5.92 Å². The molecule has 2 aliphatic rings. The fourth-order valence-corrected chi connectivity index (χ4v) is 8.13. The van der Waals surface area contributed by atoms with Crippen molar-refractivity contribution in [3.05, 3.63) is 84.7 Å². The first-order chi connectivity index (χ1) is 28.5. The van der Waals surface area contributed by atoms with Crippen LogP contribution in [0.25, 0.3) is 44.4 Å². The molecule has 7 rings (SSSR count). The molecule has 2 aromatic heterocycles. The summed E-state index contributed by atoms with van der Waals surface area (Å²) in [5, 5.41) is 7.50. The largest absolute Gasteiger partial charge is 0.453 e. The monoisotopic (exact) mass is 804 g/mol. The van der Waals surface area contributed by atoms with E-state index < -0.39 is 30.4 Å². The van der Waals surface area contributed by atoms with E-state index in [-0.39, 0.29) is 29.8 Å². The van der Waals surface area contributed by atoms with Crippen LogP contribution >= 0.6 is 0 Å². The van der Waals surface area contributed by atoms with Gasteiger partial charge in [-0.1, -0.05) is 62.4 Å². The van der Waals surface area contributed by atoms with Crippen LogP contribution in [0.4, 0.5) is 9.59 Å². The number of aromatic amines is 2. The molecule has 0 radical (unpaired) electrons. The van der Waals surface area contributed by atoms with Gasteiger partial charge in [-0.25, -0.2) is 19.6 Å². The highest BCUT2D eigenvalue weighted by atomic mass is 16.5. The third kappa shape index (κ3) is 8.65. The Kier molecular flexibility index (Phi) is 12.3. The topological polar surface area (TPSA) is 184 Å². The number of hydrogen-bond donors (Lipinski definition) is 4. The maximum Gasteiger partial charge on any atom is 0.407 e. The molecule has 0 bridgehead atoms. The molecular weight excluding hydrogens is 753 g/mol. The number of hydrogen-bond acceptors (Lipinski definition) is 9. The van der Waals surface area contributed by atoms with Gasteiger partial charge in [0.05, 0.1) is 56.2 Å². The number of H-pyrrole nitrogens is 2. The number of imidazole rings is 2. The van der Waals surface area contributed by atoms with Gasteiger partial charge < -0.3 is 44.6 Å². The second-order valence-corrected chi connectivity index (χ2v) is 15.5. The van der Waals surface area contributed by atoms with E-state index in [0.717, 1.165) is 75.9 Å². The number of nitrogens with zero attached hydrogens (tertiary/aromatic N) is 4. The standard InChI is InChI=1S/C44H52N8O7/c1-25(2)37(49-43(55)58-5)41(53)51-19-7-9-35(51)40-46-24-34(48-40)32-18-17-30-21-29(15-16-31(30)22-32)27-11-13-28(14-12-27)33-23-45-39(47-33)36-10-8-20-52(36)42(54)38(26(3)57-4)50-44(56)59-6/h11-18,21-26,35-38H,7-10,19-20H2,1-6H3,(H,45,47)(H,46,48)(H,49,55)(H,50,56)/t26-,35+,36+,37+,38+/m1/s1. The lowest BCUT2D eigenvalue weighted by Crippen LogP contribution is -2.54. The summed E-state index contributed by atoms with van der Waals surface area (Å²) in [6.07, 6.45) is 4.92. The molecule has 2 saturated heterocycles. The van der Waals surface area contributed by atoms with Crippen LogP contribution in [0.1, 0.15) is 70.2 Å². The molecule has 4 N–H and O–H groups in total. The number of rotatable bonds is 12. The number of aromatic nitrogens is 4. The smallest absolute Gasteiger partial charge is 0.407 e.